The number of nitrogens with zero attached hydrogens (tertiary/aromatic N) is 3. The second-order valence-corrected chi connectivity index (χ2v) is 11.8. The molecule has 0 spiro atoms. The number of benzene rings is 6. The van der Waals surface area contributed by atoms with Gasteiger partial charge in [0.05, 0.1) is 33.8 Å². The van der Waals surface area contributed by atoms with Crippen molar-refractivity contribution < 1.29 is 29.7 Å². The maximum absolute atomic E-state index is 11.2. The molecule has 254 valence electrons. The van der Waals surface area contributed by atoms with Crippen LogP contribution in [0.25, 0.3) is 0 Å². The van der Waals surface area contributed by atoms with Crippen molar-refractivity contribution in [3.8, 4) is 0 Å². The van der Waals surface area contributed by atoms with Gasteiger partial charge >= 0.3 is 17.9 Å². The standard InChI is InChI=1S/C43H31N3O6/c47-41(48)34-7-1-28(2-8-34)25-44-37-19-13-31(14-20-37)40(32-15-21-38(22-16-32)45-26-29-3-9-35(10-4-29)42(49)50)33-17-23-39(24-18-33)46-27-30-5-11-36(12-6-30)43(51)52/h1-27,40H,(H,47,48)(H,49,50)(H,51,52). The number of hydrogen-bond acceptors (Lipinski definition) is 6. The van der Waals surface area contributed by atoms with Crippen LogP contribution in [0.3, 0.4) is 0 Å². The highest BCUT2D eigenvalue weighted by molar-refractivity contribution is 5.91. The Morgan fingerprint density at radius 3 is 0.808 bits per heavy atom. The fraction of sp³-hybridized carbons (Fsp3) is 0.0233. The van der Waals surface area contributed by atoms with Gasteiger partial charge in [0.1, 0.15) is 0 Å². The lowest BCUT2D eigenvalue weighted by Gasteiger charge is -2.19. The zero-order chi connectivity index (χ0) is 36.5. The molecule has 0 amide bonds. The Morgan fingerprint density at radius 2 is 0.596 bits per heavy atom. The van der Waals surface area contributed by atoms with Crippen molar-refractivity contribution in [2.75, 3.05) is 0 Å². The lowest BCUT2D eigenvalue weighted by atomic mass is 9.85. The SMILES string of the molecule is O=C(O)c1ccc(C=Nc2ccc(C(c3ccc(N=Cc4ccc(C(=O)O)cc4)cc3)c3ccc(N=Cc4ccc(C(=O)O)cc4)cc3)cc2)cc1. The average Bonchev–Trinajstić information content (AvgIpc) is 3.17. The highest BCUT2D eigenvalue weighted by Gasteiger charge is 2.17. The van der Waals surface area contributed by atoms with Gasteiger partial charge in [-0.2, -0.15) is 0 Å². The normalized spacial score (nSPS) is 12.0. The van der Waals surface area contributed by atoms with Gasteiger partial charge in [-0.1, -0.05) is 72.8 Å². The lowest BCUT2D eigenvalue weighted by Crippen LogP contribution is -2.03. The summed E-state index contributed by atoms with van der Waals surface area (Å²) in [6.45, 7) is 0. The van der Waals surface area contributed by atoms with Gasteiger partial charge in [-0.05, 0) is 106 Å². The molecule has 0 heterocycles. The number of aliphatic imine (C=N–C) groups is 3. The quantitative estimate of drug-likeness (QED) is 0.0864. The summed E-state index contributed by atoms with van der Waals surface area (Å²) in [6.07, 6.45) is 5.08. The van der Waals surface area contributed by atoms with Crippen LogP contribution in [0.1, 0.15) is 70.4 Å². The Balaban J connectivity index is 1.25. The Morgan fingerprint density at radius 1 is 0.365 bits per heavy atom. The molecule has 6 rings (SSSR count). The van der Waals surface area contributed by atoms with E-state index in [2.05, 4.69) is 15.0 Å². The molecule has 0 aromatic heterocycles. The Bertz CT molecular complexity index is 2010. The first-order valence-corrected chi connectivity index (χ1v) is 16.1. The second-order valence-electron chi connectivity index (χ2n) is 11.8. The predicted octanol–water partition coefficient (Wildman–Crippen LogP) is 9.21. The highest BCUT2D eigenvalue weighted by atomic mass is 16.4. The number of aromatic carboxylic acids is 3. The third-order valence-corrected chi connectivity index (χ3v) is 8.24. The summed E-state index contributed by atoms with van der Waals surface area (Å²) in [5, 5.41) is 27.4. The molecule has 0 atom stereocenters. The van der Waals surface area contributed by atoms with E-state index < -0.39 is 17.9 Å². The fourth-order valence-electron chi connectivity index (χ4n) is 5.42. The van der Waals surface area contributed by atoms with Crippen LogP contribution in [0.4, 0.5) is 17.1 Å². The van der Waals surface area contributed by atoms with Crippen molar-refractivity contribution in [2.45, 2.75) is 5.92 Å². The van der Waals surface area contributed by atoms with E-state index in [0.29, 0.717) is 0 Å². The molecule has 0 aliphatic carbocycles. The van der Waals surface area contributed by atoms with Gasteiger partial charge in [0.15, 0.2) is 0 Å². The summed E-state index contributed by atoms with van der Waals surface area (Å²) in [5.41, 5.74) is 8.33. The summed E-state index contributed by atoms with van der Waals surface area (Å²) < 4.78 is 0. The van der Waals surface area contributed by atoms with Crippen LogP contribution < -0.4 is 0 Å². The summed E-state index contributed by atoms with van der Waals surface area (Å²) in [6, 6.07) is 43.3. The first-order chi connectivity index (χ1) is 25.2. The summed E-state index contributed by atoms with van der Waals surface area (Å²) >= 11 is 0. The molecule has 0 unspecified atom stereocenters. The summed E-state index contributed by atoms with van der Waals surface area (Å²) in [4.78, 5) is 47.2. The first kappa shape index (κ1) is 34.6. The van der Waals surface area contributed by atoms with Crippen molar-refractivity contribution in [3.05, 3.63) is 196 Å². The minimum atomic E-state index is -0.979. The van der Waals surface area contributed by atoms with Gasteiger partial charge in [0.2, 0.25) is 0 Å². The molecule has 0 radical (unpaired) electrons. The fourth-order valence-corrected chi connectivity index (χ4v) is 5.42. The maximum Gasteiger partial charge on any atom is 0.335 e. The van der Waals surface area contributed by atoms with E-state index in [0.717, 1.165) is 50.4 Å². The molecule has 9 heteroatoms. The molecule has 0 aliphatic heterocycles. The van der Waals surface area contributed by atoms with Crippen LogP contribution in [0.5, 0.6) is 0 Å². The van der Waals surface area contributed by atoms with Crippen LogP contribution in [0.2, 0.25) is 0 Å². The van der Waals surface area contributed by atoms with Crippen LogP contribution >= 0.6 is 0 Å². The van der Waals surface area contributed by atoms with Crippen LogP contribution in [0, 0.1) is 0 Å². The van der Waals surface area contributed by atoms with E-state index >= 15 is 0 Å². The van der Waals surface area contributed by atoms with Crippen molar-refractivity contribution in [3.63, 3.8) is 0 Å². The van der Waals surface area contributed by atoms with E-state index in [1.165, 1.54) is 0 Å². The van der Waals surface area contributed by atoms with Crippen molar-refractivity contribution in [1.29, 1.82) is 0 Å². The third-order valence-electron chi connectivity index (χ3n) is 8.24. The molecular weight excluding hydrogens is 654 g/mol. The average molecular weight is 686 g/mol. The minimum Gasteiger partial charge on any atom is -0.478 e. The van der Waals surface area contributed by atoms with Crippen molar-refractivity contribution >= 4 is 53.6 Å². The number of carboxylic acid groups (broad SMARTS) is 3. The number of hydrogen-bond donors (Lipinski definition) is 3. The van der Waals surface area contributed by atoms with E-state index in [4.69, 9.17) is 15.3 Å². The Hall–Kier alpha value is -7.26. The zero-order valence-corrected chi connectivity index (χ0v) is 27.6. The van der Waals surface area contributed by atoms with Gasteiger partial charge in [0, 0.05) is 24.6 Å². The molecule has 0 saturated heterocycles. The lowest BCUT2D eigenvalue weighted by molar-refractivity contribution is 0.0686. The molecule has 9 nitrogen and oxygen atoms in total. The summed E-state index contributed by atoms with van der Waals surface area (Å²) in [7, 11) is 0. The Labute approximate surface area is 299 Å². The van der Waals surface area contributed by atoms with Crippen LogP contribution in [0.15, 0.2) is 161 Å². The van der Waals surface area contributed by atoms with E-state index in [1.807, 2.05) is 72.8 Å². The van der Waals surface area contributed by atoms with Gasteiger partial charge in [0.25, 0.3) is 0 Å². The van der Waals surface area contributed by atoms with Crippen LogP contribution in [-0.4, -0.2) is 51.9 Å². The number of carbonyl (C=O) groups is 3. The predicted molar refractivity (Wildman–Crippen MR) is 202 cm³/mol. The monoisotopic (exact) mass is 685 g/mol. The highest BCUT2D eigenvalue weighted by Crippen LogP contribution is 2.35. The maximum atomic E-state index is 11.2. The van der Waals surface area contributed by atoms with Gasteiger partial charge in [-0.15, -0.1) is 0 Å². The molecule has 0 aliphatic rings. The van der Waals surface area contributed by atoms with Gasteiger partial charge < -0.3 is 15.3 Å². The minimum absolute atomic E-state index is 0.134. The first-order valence-electron chi connectivity index (χ1n) is 16.1. The largest absolute Gasteiger partial charge is 0.478 e. The molecule has 6 aromatic rings. The molecule has 0 bridgehead atoms. The molecule has 3 N–H and O–H groups in total. The number of rotatable bonds is 12. The molecular formula is C43H31N3O6. The van der Waals surface area contributed by atoms with Crippen molar-refractivity contribution in [1.82, 2.24) is 0 Å². The zero-order valence-electron chi connectivity index (χ0n) is 27.6. The Kier molecular flexibility index (Phi) is 10.6. The van der Waals surface area contributed by atoms with Crippen LogP contribution in [-0.2, 0) is 0 Å². The number of carboxylic acids is 3. The van der Waals surface area contributed by atoms with E-state index in [-0.39, 0.29) is 22.6 Å². The topological polar surface area (TPSA) is 149 Å². The summed E-state index contributed by atoms with van der Waals surface area (Å²) in [5.74, 6) is -3.07. The second kappa shape index (κ2) is 16.0. The smallest absolute Gasteiger partial charge is 0.335 e. The molecule has 52 heavy (non-hydrogen) atoms. The molecule has 6 aromatic carbocycles. The van der Waals surface area contributed by atoms with Gasteiger partial charge in [-0.3, -0.25) is 15.0 Å². The van der Waals surface area contributed by atoms with E-state index in [9.17, 15) is 14.4 Å². The molecule has 0 fully saturated rings. The van der Waals surface area contributed by atoms with E-state index in [1.54, 1.807) is 91.4 Å². The van der Waals surface area contributed by atoms with Gasteiger partial charge in [-0.25, -0.2) is 14.4 Å². The molecule has 0 saturated carbocycles. The third kappa shape index (κ3) is 8.85. The van der Waals surface area contributed by atoms with Crippen molar-refractivity contribution in [2.24, 2.45) is 15.0 Å².